The van der Waals surface area contributed by atoms with Crippen LogP contribution in [-0.4, -0.2) is 13.4 Å². The van der Waals surface area contributed by atoms with Gasteiger partial charge >= 0.3 is 0 Å². The van der Waals surface area contributed by atoms with E-state index >= 15 is 0 Å². The minimum atomic E-state index is -3.98. The molecule has 8 heteroatoms. The first-order valence-corrected chi connectivity index (χ1v) is 5.81. The molecule has 1 aromatic heterocycles. The van der Waals surface area contributed by atoms with Crippen LogP contribution in [0, 0.1) is 0 Å². The van der Waals surface area contributed by atoms with Gasteiger partial charge in [-0.3, -0.25) is 0 Å². The lowest BCUT2D eigenvalue weighted by molar-refractivity contribution is 0.145. The molecule has 15 heavy (non-hydrogen) atoms. The number of halogens is 3. The third-order valence-electron chi connectivity index (χ3n) is 1.61. The van der Waals surface area contributed by atoms with E-state index in [-0.39, 0.29) is 16.5 Å². The molecule has 0 aliphatic carbocycles. The standard InChI is InChI=1S/C7H7ClF2N2O2S/c8-3-5-6(15(11,13)14)2-1-4(12-5)7(9)10/h1-2,7H,3H2,(H2,11,13,14). The molecule has 1 aromatic rings. The molecule has 0 aliphatic rings. The summed E-state index contributed by atoms with van der Waals surface area (Å²) in [5.41, 5.74) is -0.699. The van der Waals surface area contributed by atoms with E-state index in [2.05, 4.69) is 4.98 Å². The topological polar surface area (TPSA) is 73.1 Å². The van der Waals surface area contributed by atoms with Gasteiger partial charge < -0.3 is 0 Å². The van der Waals surface area contributed by atoms with Crippen LogP contribution in [0.5, 0.6) is 0 Å². The average molecular weight is 257 g/mol. The van der Waals surface area contributed by atoms with Gasteiger partial charge in [0.15, 0.2) is 0 Å². The Balaban J connectivity index is 3.34. The summed E-state index contributed by atoms with van der Waals surface area (Å²) in [6, 6.07) is 1.88. The monoisotopic (exact) mass is 256 g/mol. The van der Waals surface area contributed by atoms with Crippen molar-refractivity contribution in [1.82, 2.24) is 4.98 Å². The Hall–Kier alpha value is -0.790. The Morgan fingerprint density at radius 1 is 1.47 bits per heavy atom. The molecule has 1 rings (SSSR count). The van der Waals surface area contributed by atoms with Crippen molar-refractivity contribution in [2.75, 3.05) is 0 Å². The fraction of sp³-hybridized carbons (Fsp3) is 0.286. The molecule has 0 saturated carbocycles. The number of alkyl halides is 3. The summed E-state index contributed by atoms with van der Waals surface area (Å²) in [4.78, 5) is 3.08. The normalized spacial score (nSPS) is 12.1. The number of pyridine rings is 1. The maximum Gasteiger partial charge on any atom is 0.280 e. The minimum absolute atomic E-state index is 0.169. The van der Waals surface area contributed by atoms with Crippen molar-refractivity contribution in [2.45, 2.75) is 17.2 Å². The van der Waals surface area contributed by atoms with Crippen molar-refractivity contribution in [2.24, 2.45) is 5.14 Å². The van der Waals surface area contributed by atoms with Crippen LogP contribution in [0.15, 0.2) is 17.0 Å². The van der Waals surface area contributed by atoms with Crippen LogP contribution >= 0.6 is 11.6 Å². The molecule has 0 spiro atoms. The van der Waals surface area contributed by atoms with Crippen LogP contribution in [0.1, 0.15) is 17.8 Å². The zero-order valence-electron chi connectivity index (χ0n) is 7.32. The van der Waals surface area contributed by atoms with Gasteiger partial charge in [-0.15, -0.1) is 11.6 Å². The summed E-state index contributed by atoms with van der Waals surface area (Å²) < 4.78 is 46.4. The maximum absolute atomic E-state index is 12.2. The Kier molecular flexibility index (Phi) is 3.58. The second-order valence-electron chi connectivity index (χ2n) is 2.66. The highest BCUT2D eigenvalue weighted by molar-refractivity contribution is 7.89. The largest absolute Gasteiger partial charge is 0.280 e. The number of sulfonamides is 1. The second-order valence-corrected chi connectivity index (χ2v) is 4.46. The molecule has 0 fully saturated rings. The number of hydrogen-bond donors (Lipinski definition) is 1. The molecule has 0 unspecified atom stereocenters. The van der Waals surface area contributed by atoms with Gasteiger partial charge in [-0.2, -0.15) is 0 Å². The van der Waals surface area contributed by atoms with Crippen LogP contribution in [-0.2, 0) is 15.9 Å². The van der Waals surface area contributed by atoms with Gasteiger partial charge in [0.25, 0.3) is 6.43 Å². The van der Waals surface area contributed by atoms with Gasteiger partial charge in [-0.05, 0) is 12.1 Å². The van der Waals surface area contributed by atoms with Crippen LogP contribution < -0.4 is 5.14 Å². The summed E-state index contributed by atoms with van der Waals surface area (Å²) in [7, 11) is -3.98. The molecular formula is C7H7ClF2N2O2S. The van der Waals surface area contributed by atoms with Crippen molar-refractivity contribution in [3.05, 3.63) is 23.5 Å². The summed E-state index contributed by atoms with van der Waals surface area (Å²) in [6.45, 7) is 0. The summed E-state index contributed by atoms with van der Waals surface area (Å²) in [5.74, 6) is -0.299. The number of nitrogens with two attached hydrogens (primary N) is 1. The first-order valence-electron chi connectivity index (χ1n) is 3.73. The molecule has 0 radical (unpaired) electrons. The number of hydrogen-bond acceptors (Lipinski definition) is 3. The highest BCUT2D eigenvalue weighted by Crippen LogP contribution is 2.21. The Bertz CT molecular complexity index is 464. The molecule has 0 saturated heterocycles. The molecule has 0 aromatic carbocycles. The Labute approximate surface area is 90.1 Å². The smallest absolute Gasteiger partial charge is 0.249 e. The van der Waals surface area contributed by atoms with Crippen LogP contribution in [0.3, 0.4) is 0 Å². The first kappa shape index (κ1) is 12.3. The van der Waals surface area contributed by atoms with Crippen molar-refractivity contribution in [3.8, 4) is 0 Å². The van der Waals surface area contributed by atoms with E-state index in [0.717, 1.165) is 12.1 Å². The van der Waals surface area contributed by atoms with E-state index in [0.29, 0.717) is 0 Å². The SMILES string of the molecule is NS(=O)(=O)c1ccc(C(F)F)nc1CCl. The Morgan fingerprint density at radius 3 is 2.47 bits per heavy atom. The number of nitrogens with zero attached hydrogens (tertiary/aromatic N) is 1. The number of rotatable bonds is 3. The van der Waals surface area contributed by atoms with Crippen molar-refractivity contribution in [3.63, 3.8) is 0 Å². The fourth-order valence-electron chi connectivity index (χ4n) is 0.982. The lowest BCUT2D eigenvalue weighted by Gasteiger charge is -2.06. The lowest BCUT2D eigenvalue weighted by Crippen LogP contribution is -2.15. The van der Waals surface area contributed by atoms with Gasteiger partial charge in [-0.25, -0.2) is 27.3 Å². The van der Waals surface area contributed by atoms with Crippen LogP contribution in [0.25, 0.3) is 0 Å². The van der Waals surface area contributed by atoms with E-state index in [1.165, 1.54) is 0 Å². The summed E-state index contributed by atoms with van der Waals surface area (Å²) in [6.07, 6.45) is -2.78. The second kappa shape index (κ2) is 4.38. The number of primary sulfonamides is 1. The molecule has 0 bridgehead atoms. The quantitative estimate of drug-likeness (QED) is 0.831. The molecule has 84 valence electrons. The molecular weight excluding hydrogens is 250 g/mol. The zero-order chi connectivity index (χ0) is 11.6. The molecule has 2 N–H and O–H groups in total. The van der Waals surface area contributed by atoms with Gasteiger partial charge in [-0.1, -0.05) is 0 Å². The van der Waals surface area contributed by atoms with Crippen molar-refractivity contribution in [1.29, 1.82) is 0 Å². The van der Waals surface area contributed by atoms with Gasteiger partial charge in [0.1, 0.15) is 10.6 Å². The molecule has 0 aliphatic heterocycles. The van der Waals surface area contributed by atoms with Crippen molar-refractivity contribution >= 4 is 21.6 Å². The summed E-state index contributed by atoms with van der Waals surface area (Å²) >= 11 is 5.39. The van der Waals surface area contributed by atoms with E-state index in [4.69, 9.17) is 16.7 Å². The van der Waals surface area contributed by atoms with E-state index < -0.39 is 22.1 Å². The molecule has 1 heterocycles. The predicted molar refractivity (Wildman–Crippen MR) is 50.1 cm³/mol. The van der Waals surface area contributed by atoms with E-state index in [1.54, 1.807) is 0 Å². The van der Waals surface area contributed by atoms with Gasteiger partial charge in [0.05, 0.1) is 11.6 Å². The van der Waals surface area contributed by atoms with Gasteiger partial charge in [0, 0.05) is 0 Å². The fourth-order valence-corrected chi connectivity index (χ4v) is 1.97. The highest BCUT2D eigenvalue weighted by atomic mass is 35.5. The third-order valence-corrected chi connectivity index (χ3v) is 2.85. The average Bonchev–Trinajstić information content (AvgIpc) is 2.15. The Morgan fingerprint density at radius 2 is 2.07 bits per heavy atom. The summed E-state index contributed by atoms with van der Waals surface area (Å²) in [5, 5.41) is 4.85. The first-order chi connectivity index (χ1) is 6.86. The van der Waals surface area contributed by atoms with Crippen LogP contribution in [0.2, 0.25) is 0 Å². The number of aromatic nitrogens is 1. The van der Waals surface area contributed by atoms with Gasteiger partial charge in [0.2, 0.25) is 10.0 Å². The maximum atomic E-state index is 12.2. The highest BCUT2D eigenvalue weighted by Gasteiger charge is 2.18. The molecule has 0 atom stereocenters. The molecule has 4 nitrogen and oxygen atoms in total. The van der Waals surface area contributed by atoms with Crippen LogP contribution in [0.4, 0.5) is 8.78 Å². The molecule has 0 amide bonds. The third kappa shape index (κ3) is 2.83. The van der Waals surface area contributed by atoms with E-state index in [9.17, 15) is 17.2 Å². The zero-order valence-corrected chi connectivity index (χ0v) is 8.89. The van der Waals surface area contributed by atoms with Crippen molar-refractivity contribution < 1.29 is 17.2 Å². The van der Waals surface area contributed by atoms with E-state index in [1.807, 2.05) is 0 Å². The lowest BCUT2D eigenvalue weighted by atomic mass is 10.3. The minimum Gasteiger partial charge on any atom is -0.249 e. The predicted octanol–water partition coefficient (Wildman–Crippen LogP) is 1.41.